The van der Waals surface area contributed by atoms with Crippen molar-refractivity contribution in [2.45, 2.75) is 53.2 Å². The van der Waals surface area contributed by atoms with Crippen molar-refractivity contribution in [1.82, 2.24) is 14.7 Å². The molecule has 2 heterocycles. The van der Waals surface area contributed by atoms with Crippen molar-refractivity contribution in [3.05, 3.63) is 17.5 Å². The topological polar surface area (TPSA) is 90.7 Å². The number of amides is 1. The zero-order chi connectivity index (χ0) is 19.5. The van der Waals surface area contributed by atoms with E-state index in [1.807, 2.05) is 0 Å². The van der Waals surface area contributed by atoms with Crippen molar-refractivity contribution in [3.63, 3.8) is 0 Å². The summed E-state index contributed by atoms with van der Waals surface area (Å²) in [5.74, 6) is -0.852. The zero-order valence-corrected chi connectivity index (χ0v) is 16.1. The standard InChI is InChI=1S/C18H27N3O5/c1-6-25-16(23)14-9-12(2)19-21(14)11-15(22)13-7-8-20(10-13)17(24)26-18(3,4)5/h9,13H,6-8,10-11H2,1-5H3. The number of hydrogen-bond donors (Lipinski definition) is 0. The minimum absolute atomic E-state index is 0.0190. The number of Topliss-reactive ketones (excluding diaryl/α,β-unsaturated/α-hetero) is 1. The molecule has 8 nitrogen and oxygen atoms in total. The van der Waals surface area contributed by atoms with Crippen LogP contribution in [0.5, 0.6) is 0 Å². The van der Waals surface area contributed by atoms with E-state index in [0.29, 0.717) is 25.2 Å². The molecular weight excluding hydrogens is 338 g/mol. The first-order chi connectivity index (χ1) is 12.1. The Morgan fingerprint density at radius 1 is 1.31 bits per heavy atom. The Labute approximate surface area is 153 Å². The van der Waals surface area contributed by atoms with Crippen LogP contribution in [0.3, 0.4) is 0 Å². The quantitative estimate of drug-likeness (QED) is 0.743. The summed E-state index contributed by atoms with van der Waals surface area (Å²) in [5, 5.41) is 4.22. The monoisotopic (exact) mass is 365 g/mol. The van der Waals surface area contributed by atoms with Gasteiger partial charge < -0.3 is 14.4 Å². The maximum absolute atomic E-state index is 12.6. The van der Waals surface area contributed by atoms with E-state index in [1.165, 1.54) is 4.68 Å². The molecule has 1 aromatic rings. The number of carbonyl (C=O) groups is 3. The van der Waals surface area contributed by atoms with Gasteiger partial charge >= 0.3 is 12.1 Å². The smallest absolute Gasteiger partial charge is 0.410 e. The summed E-state index contributed by atoms with van der Waals surface area (Å²) in [6.07, 6.45) is 0.169. The Hall–Kier alpha value is -2.38. The van der Waals surface area contributed by atoms with Gasteiger partial charge in [-0.05, 0) is 47.1 Å². The molecule has 0 radical (unpaired) electrons. The Balaban J connectivity index is 1.99. The van der Waals surface area contributed by atoms with E-state index in [1.54, 1.807) is 45.6 Å². The van der Waals surface area contributed by atoms with Crippen LogP contribution >= 0.6 is 0 Å². The molecule has 1 aromatic heterocycles. The number of nitrogens with zero attached hydrogens (tertiary/aromatic N) is 3. The van der Waals surface area contributed by atoms with Gasteiger partial charge in [0.05, 0.1) is 12.3 Å². The van der Waals surface area contributed by atoms with Gasteiger partial charge in [-0.25, -0.2) is 9.59 Å². The highest BCUT2D eigenvalue weighted by atomic mass is 16.6. The average molecular weight is 365 g/mol. The van der Waals surface area contributed by atoms with Gasteiger partial charge in [0.2, 0.25) is 0 Å². The van der Waals surface area contributed by atoms with Crippen molar-refractivity contribution in [3.8, 4) is 0 Å². The van der Waals surface area contributed by atoms with E-state index in [9.17, 15) is 14.4 Å². The van der Waals surface area contributed by atoms with E-state index >= 15 is 0 Å². The van der Waals surface area contributed by atoms with E-state index in [2.05, 4.69) is 5.10 Å². The number of rotatable bonds is 5. The molecule has 0 saturated carbocycles. The molecule has 1 amide bonds. The second-order valence-electron chi connectivity index (χ2n) is 7.43. The van der Waals surface area contributed by atoms with Gasteiger partial charge in [0.25, 0.3) is 0 Å². The predicted molar refractivity (Wildman–Crippen MR) is 93.8 cm³/mol. The van der Waals surface area contributed by atoms with Gasteiger partial charge in [0, 0.05) is 19.0 Å². The predicted octanol–water partition coefficient (Wildman–Crippen LogP) is 2.19. The maximum atomic E-state index is 12.6. The van der Waals surface area contributed by atoms with E-state index < -0.39 is 17.7 Å². The molecule has 0 N–H and O–H groups in total. The van der Waals surface area contributed by atoms with Crippen LogP contribution in [0.2, 0.25) is 0 Å². The zero-order valence-electron chi connectivity index (χ0n) is 16.1. The van der Waals surface area contributed by atoms with Crippen LogP contribution in [-0.2, 0) is 20.8 Å². The van der Waals surface area contributed by atoms with E-state index in [0.717, 1.165) is 0 Å². The molecule has 1 aliphatic rings. The minimum Gasteiger partial charge on any atom is -0.461 e. The number of aryl methyl sites for hydroxylation is 1. The van der Waals surface area contributed by atoms with Gasteiger partial charge in [-0.1, -0.05) is 0 Å². The Morgan fingerprint density at radius 3 is 2.62 bits per heavy atom. The summed E-state index contributed by atoms with van der Waals surface area (Å²) < 4.78 is 11.7. The third-order valence-corrected chi connectivity index (χ3v) is 3.99. The van der Waals surface area contributed by atoms with Crippen LogP contribution in [0.1, 0.15) is 50.3 Å². The number of likely N-dealkylation sites (tertiary alicyclic amines) is 1. The summed E-state index contributed by atoms with van der Waals surface area (Å²) in [6, 6.07) is 1.60. The summed E-state index contributed by atoms with van der Waals surface area (Å²) in [4.78, 5) is 38.3. The molecule has 0 spiro atoms. The molecule has 1 saturated heterocycles. The van der Waals surface area contributed by atoms with Crippen LogP contribution in [0.4, 0.5) is 4.79 Å². The highest BCUT2D eigenvalue weighted by molar-refractivity contribution is 5.89. The molecule has 0 bridgehead atoms. The molecule has 2 rings (SSSR count). The van der Waals surface area contributed by atoms with Gasteiger partial charge in [-0.15, -0.1) is 0 Å². The van der Waals surface area contributed by atoms with E-state index in [4.69, 9.17) is 9.47 Å². The molecule has 1 atom stereocenters. The lowest BCUT2D eigenvalue weighted by Crippen LogP contribution is -2.36. The maximum Gasteiger partial charge on any atom is 0.410 e. The van der Waals surface area contributed by atoms with E-state index in [-0.39, 0.29) is 30.5 Å². The van der Waals surface area contributed by atoms with Crippen LogP contribution in [0.25, 0.3) is 0 Å². The number of ether oxygens (including phenoxy) is 2. The first kappa shape index (κ1) is 19.9. The fourth-order valence-electron chi connectivity index (χ4n) is 2.83. The van der Waals surface area contributed by atoms with Gasteiger partial charge in [0.15, 0.2) is 5.78 Å². The molecule has 144 valence electrons. The Morgan fingerprint density at radius 2 is 2.00 bits per heavy atom. The average Bonchev–Trinajstić information content (AvgIpc) is 3.12. The largest absolute Gasteiger partial charge is 0.461 e. The second kappa shape index (κ2) is 7.88. The Kier molecular flexibility index (Phi) is 6.05. The lowest BCUT2D eigenvalue weighted by atomic mass is 10.0. The second-order valence-corrected chi connectivity index (χ2v) is 7.43. The van der Waals surface area contributed by atoms with Gasteiger partial charge in [-0.3, -0.25) is 9.48 Å². The van der Waals surface area contributed by atoms with Crippen molar-refractivity contribution in [1.29, 1.82) is 0 Å². The van der Waals surface area contributed by atoms with Crippen molar-refractivity contribution >= 4 is 17.8 Å². The number of carbonyl (C=O) groups excluding carboxylic acids is 3. The van der Waals surface area contributed by atoms with Gasteiger partial charge in [-0.2, -0.15) is 5.10 Å². The lowest BCUT2D eigenvalue weighted by molar-refractivity contribution is -0.123. The molecule has 1 fully saturated rings. The highest BCUT2D eigenvalue weighted by Crippen LogP contribution is 2.21. The summed E-state index contributed by atoms with van der Waals surface area (Å²) in [5.41, 5.74) is 0.336. The molecule has 8 heteroatoms. The van der Waals surface area contributed by atoms with Crippen molar-refractivity contribution in [2.75, 3.05) is 19.7 Å². The number of hydrogen-bond acceptors (Lipinski definition) is 6. The van der Waals surface area contributed by atoms with Gasteiger partial charge in [0.1, 0.15) is 17.8 Å². The molecular formula is C18H27N3O5. The first-order valence-electron chi connectivity index (χ1n) is 8.83. The molecule has 1 unspecified atom stereocenters. The molecule has 1 aliphatic heterocycles. The molecule has 0 aliphatic carbocycles. The van der Waals surface area contributed by atoms with Crippen LogP contribution in [-0.4, -0.2) is 57.8 Å². The lowest BCUT2D eigenvalue weighted by Gasteiger charge is -2.24. The minimum atomic E-state index is -0.569. The number of esters is 1. The molecule has 0 aromatic carbocycles. The summed E-state index contributed by atoms with van der Waals surface area (Å²) in [7, 11) is 0. The molecule has 26 heavy (non-hydrogen) atoms. The van der Waals surface area contributed by atoms with Crippen LogP contribution < -0.4 is 0 Å². The first-order valence-corrected chi connectivity index (χ1v) is 8.83. The summed E-state index contributed by atoms with van der Waals surface area (Å²) in [6.45, 7) is 9.93. The van der Waals surface area contributed by atoms with Crippen molar-refractivity contribution in [2.24, 2.45) is 5.92 Å². The SMILES string of the molecule is CCOC(=O)c1cc(C)nn1CC(=O)C1CCN(C(=O)OC(C)(C)C)C1. The number of aromatic nitrogens is 2. The third-order valence-electron chi connectivity index (χ3n) is 3.99. The van der Waals surface area contributed by atoms with Crippen molar-refractivity contribution < 1.29 is 23.9 Å². The Bertz CT molecular complexity index is 689. The normalized spacial score (nSPS) is 17.3. The fraction of sp³-hybridized carbons (Fsp3) is 0.667. The summed E-state index contributed by atoms with van der Waals surface area (Å²) >= 11 is 0. The van der Waals surface area contributed by atoms with Crippen LogP contribution in [0.15, 0.2) is 6.07 Å². The highest BCUT2D eigenvalue weighted by Gasteiger charge is 2.33. The fourth-order valence-corrected chi connectivity index (χ4v) is 2.83. The number of ketones is 1. The third kappa shape index (κ3) is 5.06. The van der Waals surface area contributed by atoms with Crippen LogP contribution in [0, 0.1) is 12.8 Å².